The fraction of sp³-hybridized carbons (Fsp3) is 0.111. The largest absolute Gasteiger partial charge is 0.497 e. The first-order chi connectivity index (χ1) is 12.6. The summed E-state index contributed by atoms with van der Waals surface area (Å²) >= 11 is 0. The molecule has 0 atom stereocenters. The third-order valence-electron chi connectivity index (χ3n) is 4.15. The SMILES string of the molecule is COC(=O)c1cnn2c1ncc1c(=O)n(-c3ccc(OC)cc3)ccc12. The number of methoxy groups -OCH3 is 2. The van der Waals surface area contributed by atoms with Crippen LogP contribution in [0.4, 0.5) is 0 Å². The molecule has 3 aromatic heterocycles. The maximum Gasteiger partial charge on any atom is 0.343 e. The number of ether oxygens (including phenoxy) is 2. The smallest absolute Gasteiger partial charge is 0.343 e. The van der Waals surface area contributed by atoms with Crippen molar-refractivity contribution in [1.82, 2.24) is 19.2 Å². The third kappa shape index (κ3) is 2.31. The van der Waals surface area contributed by atoms with Crippen LogP contribution in [0.2, 0.25) is 0 Å². The number of rotatable bonds is 3. The summed E-state index contributed by atoms with van der Waals surface area (Å²) in [4.78, 5) is 28.9. The molecule has 4 rings (SSSR count). The van der Waals surface area contributed by atoms with Crippen LogP contribution < -0.4 is 10.3 Å². The van der Waals surface area contributed by atoms with Gasteiger partial charge in [-0.2, -0.15) is 5.10 Å². The van der Waals surface area contributed by atoms with Crippen LogP contribution in [0.5, 0.6) is 5.75 Å². The van der Waals surface area contributed by atoms with Crippen LogP contribution in [0.1, 0.15) is 10.4 Å². The summed E-state index contributed by atoms with van der Waals surface area (Å²) in [6.45, 7) is 0. The summed E-state index contributed by atoms with van der Waals surface area (Å²) in [5.41, 5.74) is 1.60. The van der Waals surface area contributed by atoms with E-state index in [9.17, 15) is 9.59 Å². The molecule has 26 heavy (non-hydrogen) atoms. The van der Waals surface area contributed by atoms with Crippen molar-refractivity contribution in [1.29, 1.82) is 0 Å². The molecule has 8 heteroatoms. The highest BCUT2D eigenvalue weighted by Crippen LogP contribution is 2.18. The summed E-state index contributed by atoms with van der Waals surface area (Å²) in [5.74, 6) is 0.177. The summed E-state index contributed by atoms with van der Waals surface area (Å²) < 4.78 is 12.8. The molecule has 130 valence electrons. The van der Waals surface area contributed by atoms with Crippen molar-refractivity contribution in [2.24, 2.45) is 0 Å². The minimum Gasteiger partial charge on any atom is -0.497 e. The molecule has 0 saturated heterocycles. The normalized spacial score (nSPS) is 11.0. The fourth-order valence-corrected chi connectivity index (χ4v) is 2.82. The van der Waals surface area contributed by atoms with Gasteiger partial charge < -0.3 is 9.47 Å². The van der Waals surface area contributed by atoms with Gasteiger partial charge in [-0.1, -0.05) is 0 Å². The molecule has 0 aliphatic carbocycles. The Morgan fingerprint density at radius 3 is 2.54 bits per heavy atom. The second-order valence-electron chi connectivity index (χ2n) is 5.53. The second-order valence-corrected chi connectivity index (χ2v) is 5.53. The van der Waals surface area contributed by atoms with Crippen LogP contribution in [-0.2, 0) is 4.74 Å². The van der Waals surface area contributed by atoms with E-state index in [0.29, 0.717) is 28.0 Å². The lowest BCUT2D eigenvalue weighted by atomic mass is 10.2. The average Bonchev–Trinajstić information content (AvgIpc) is 3.12. The maximum absolute atomic E-state index is 12.9. The van der Waals surface area contributed by atoms with Gasteiger partial charge in [0.2, 0.25) is 0 Å². The van der Waals surface area contributed by atoms with Gasteiger partial charge >= 0.3 is 5.97 Å². The molecule has 0 aliphatic rings. The van der Waals surface area contributed by atoms with Gasteiger partial charge in [-0.05, 0) is 30.3 Å². The van der Waals surface area contributed by atoms with Crippen LogP contribution in [0.3, 0.4) is 0 Å². The third-order valence-corrected chi connectivity index (χ3v) is 4.15. The van der Waals surface area contributed by atoms with E-state index in [2.05, 4.69) is 10.1 Å². The van der Waals surface area contributed by atoms with E-state index in [1.54, 1.807) is 43.6 Å². The van der Waals surface area contributed by atoms with Crippen LogP contribution in [0, 0.1) is 0 Å². The Kier molecular flexibility index (Phi) is 3.65. The van der Waals surface area contributed by atoms with E-state index in [1.807, 2.05) is 0 Å². The summed E-state index contributed by atoms with van der Waals surface area (Å²) in [6.07, 6.45) is 4.48. The highest BCUT2D eigenvalue weighted by molar-refractivity contribution is 5.96. The molecule has 0 saturated carbocycles. The number of hydrogen-bond acceptors (Lipinski definition) is 6. The van der Waals surface area contributed by atoms with Crippen LogP contribution in [0.25, 0.3) is 22.2 Å². The Labute approximate surface area is 147 Å². The molecule has 0 N–H and O–H groups in total. The molecule has 0 bridgehead atoms. The van der Waals surface area contributed by atoms with E-state index >= 15 is 0 Å². The summed E-state index contributed by atoms with van der Waals surface area (Å²) in [5, 5.41) is 4.56. The summed E-state index contributed by atoms with van der Waals surface area (Å²) in [6, 6.07) is 8.90. The van der Waals surface area contributed by atoms with Gasteiger partial charge in [0.15, 0.2) is 5.65 Å². The number of fused-ring (bicyclic) bond motifs is 3. The van der Waals surface area contributed by atoms with Gasteiger partial charge in [-0.3, -0.25) is 9.36 Å². The molecule has 0 radical (unpaired) electrons. The standard InChI is InChI=1S/C18H14N4O4/c1-25-12-5-3-11(4-6-12)21-8-7-15-13(17(21)23)9-19-16-14(18(24)26-2)10-20-22(15)16/h3-10H,1-2H3. The number of carbonyl (C=O) groups excluding carboxylic acids is 1. The Morgan fingerprint density at radius 2 is 1.85 bits per heavy atom. The molecule has 0 amide bonds. The monoisotopic (exact) mass is 350 g/mol. The molecule has 3 heterocycles. The van der Waals surface area contributed by atoms with Crippen molar-refractivity contribution in [2.75, 3.05) is 14.2 Å². The lowest BCUT2D eigenvalue weighted by molar-refractivity contribution is 0.0602. The van der Waals surface area contributed by atoms with E-state index in [1.165, 1.54) is 28.6 Å². The second kappa shape index (κ2) is 5.99. The van der Waals surface area contributed by atoms with Gasteiger partial charge in [0.25, 0.3) is 5.56 Å². The molecule has 0 aliphatic heterocycles. The molecule has 4 aromatic rings. The molecule has 0 fully saturated rings. The van der Waals surface area contributed by atoms with E-state index in [4.69, 9.17) is 9.47 Å². The Hall–Kier alpha value is -3.68. The van der Waals surface area contributed by atoms with Gasteiger partial charge in [0, 0.05) is 18.1 Å². The molecule has 0 spiro atoms. The van der Waals surface area contributed by atoms with Gasteiger partial charge in [0.1, 0.15) is 11.3 Å². The van der Waals surface area contributed by atoms with Crippen molar-refractivity contribution in [3.8, 4) is 11.4 Å². The van der Waals surface area contributed by atoms with E-state index in [0.717, 1.165) is 0 Å². The number of esters is 1. The van der Waals surface area contributed by atoms with Crippen LogP contribution in [0.15, 0.2) is 53.7 Å². The zero-order valence-corrected chi connectivity index (χ0v) is 14.0. The van der Waals surface area contributed by atoms with Crippen molar-refractivity contribution in [3.63, 3.8) is 0 Å². The molecule has 8 nitrogen and oxygen atoms in total. The summed E-state index contributed by atoms with van der Waals surface area (Å²) in [7, 11) is 2.88. The first kappa shape index (κ1) is 15.8. The van der Waals surface area contributed by atoms with Gasteiger partial charge in [0.05, 0.1) is 31.3 Å². The van der Waals surface area contributed by atoms with Gasteiger partial charge in [-0.15, -0.1) is 0 Å². The van der Waals surface area contributed by atoms with E-state index in [-0.39, 0.29) is 11.1 Å². The number of pyridine rings is 1. The van der Waals surface area contributed by atoms with Gasteiger partial charge in [-0.25, -0.2) is 14.3 Å². The number of nitrogens with zero attached hydrogens (tertiary/aromatic N) is 4. The van der Waals surface area contributed by atoms with Crippen LogP contribution >= 0.6 is 0 Å². The molecule has 1 aromatic carbocycles. The lowest BCUT2D eigenvalue weighted by Crippen LogP contribution is -2.18. The first-order valence-electron chi connectivity index (χ1n) is 7.75. The first-order valence-corrected chi connectivity index (χ1v) is 7.75. The molecule has 0 unspecified atom stereocenters. The van der Waals surface area contributed by atoms with Crippen molar-refractivity contribution < 1.29 is 14.3 Å². The number of aromatic nitrogens is 4. The lowest BCUT2D eigenvalue weighted by Gasteiger charge is -2.09. The fourth-order valence-electron chi connectivity index (χ4n) is 2.82. The van der Waals surface area contributed by atoms with Crippen molar-refractivity contribution in [2.45, 2.75) is 0 Å². The number of benzene rings is 1. The predicted octanol–water partition coefficient (Wildman–Crippen LogP) is 1.83. The number of hydrogen-bond donors (Lipinski definition) is 0. The Morgan fingerprint density at radius 1 is 1.08 bits per heavy atom. The maximum atomic E-state index is 12.9. The van der Waals surface area contributed by atoms with Crippen LogP contribution in [-0.4, -0.2) is 39.4 Å². The van der Waals surface area contributed by atoms with Crippen molar-refractivity contribution >= 4 is 22.5 Å². The average molecular weight is 350 g/mol. The Balaban J connectivity index is 1.92. The van der Waals surface area contributed by atoms with Crippen molar-refractivity contribution in [3.05, 3.63) is 64.8 Å². The Bertz CT molecular complexity index is 1190. The minimum atomic E-state index is -0.529. The quantitative estimate of drug-likeness (QED) is 0.524. The highest BCUT2D eigenvalue weighted by atomic mass is 16.5. The van der Waals surface area contributed by atoms with E-state index < -0.39 is 5.97 Å². The number of carbonyl (C=O) groups is 1. The zero-order chi connectivity index (χ0) is 18.3. The molecular weight excluding hydrogens is 336 g/mol. The predicted molar refractivity (Wildman–Crippen MR) is 94.0 cm³/mol. The highest BCUT2D eigenvalue weighted by Gasteiger charge is 2.17. The minimum absolute atomic E-state index is 0.239. The molecular formula is C18H14N4O4. The zero-order valence-electron chi connectivity index (χ0n) is 14.0. The topological polar surface area (TPSA) is 87.7 Å².